The second-order valence-corrected chi connectivity index (χ2v) is 5.61. The van der Waals surface area contributed by atoms with Crippen molar-refractivity contribution in [2.75, 3.05) is 40.3 Å². The van der Waals surface area contributed by atoms with Gasteiger partial charge in [-0.2, -0.15) is 0 Å². The molecule has 1 atom stereocenters. The summed E-state index contributed by atoms with van der Waals surface area (Å²) in [6.45, 7) is 6.98. The van der Waals surface area contributed by atoms with Crippen molar-refractivity contribution in [2.24, 2.45) is 0 Å². The molecule has 1 aliphatic heterocycles. The predicted octanol–water partition coefficient (Wildman–Crippen LogP) is 1.04. The van der Waals surface area contributed by atoms with Crippen LogP contribution in [-0.4, -0.2) is 61.2 Å². The summed E-state index contributed by atoms with van der Waals surface area (Å²) in [6.07, 6.45) is 0. The van der Waals surface area contributed by atoms with E-state index < -0.39 is 0 Å². The standard InChI is InChI=1S/C15H25N3O/c1-12-5-4-6-13(15(12)19)9-16-10-14-11-17(2)7-8-18(14)3/h4-6,14,16,19H,7-11H2,1-3H3. The van der Waals surface area contributed by atoms with Crippen LogP contribution in [0.15, 0.2) is 18.2 Å². The smallest absolute Gasteiger partial charge is 0.122 e. The van der Waals surface area contributed by atoms with E-state index in [1.165, 1.54) is 0 Å². The molecule has 1 fully saturated rings. The minimum atomic E-state index is 0.420. The van der Waals surface area contributed by atoms with Gasteiger partial charge in [-0.3, -0.25) is 4.90 Å². The molecular weight excluding hydrogens is 238 g/mol. The molecule has 1 aromatic rings. The van der Waals surface area contributed by atoms with Gasteiger partial charge in [-0.15, -0.1) is 0 Å². The van der Waals surface area contributed by atoms with Gasteiger partial charge in [0.25, 0.3) is 0 Å². The van der Waals surface area contributed by atoms with Crippen LogP contribution in [0.2, 0.25) is 0 Å². The van der Waals surface area contributed by atoms with Crippen LogP contribution in [0.4, 0.5) is 0 Å². The third-order valence-corrected chi connectivity index (χ3v) is 4.00. The molecule has 0 spiro atoms. The maximum atomic E-state index is 9.97. The van der Waals surface area contributed by atoms with Gasteiger partial charge in [0.1, 0.15) is 5.75 Å². The molecule has 2 N–H and O–H groups in total. The summed E-state index contributed by atoms with van der Waals surface area (Å²) in [5, 5.41) is 13.4. The van der Waals surface area contributed by atoms with Gasteiger partial charge in [0, 0.05) is 44.3 Å². The normalized spacial score (nSPS) is 21.7. The van der Waals surface area contributed by atoms with Crippen LogP contribution in [0.5, 0.6) is 5.75 Å². The number of phenols is 1. The van der Waals surface area contributed by atoms with E-state index in [9.17, 15) is 5.11 Å². The first-order valence-corrected chi connectivity index (χ1v) is 6.95. The summed E-state index contributed by atoms with van der Waals surface area (Å²) in [5.74, 6) is 0.420. The summed E-state index contributed by atoms with van der Waals surface area (Å²) in [7, 11) is 4.36. The SMILES string of the molecule is Cc1cccc(CNCC2CN(C)CCN2C)c1O. The van der Waals surface area contributed by atoms with E-state index in [1.807, 2.05) is 25.1 Å². The number of nitrogens with zero attached hydrogens (tertiary/aromatic N) is 2. The molecule has 1 unspecified atom stereocenters. The Morgan fingerprint density at radius 3 is 2.89 bits per heavy atom. The molecule has 1 aromatic carbocycles. The molecule has 1 saturated heterocycles. The quantitative estimate of drug-likeness (QED) is 0.851. The minimum Gasteiger partial charge on any atom is -0.507 e. The summed E-state index contributed by atoms with van der Waals surface area (Å²) in [4.78, 5) is 4.78. The molecule has 1 aliphatic rings. The van der Waals surface area contributed by atoms with Crippen LogP contribution in [0.1, 0.15) is 11.1 Å². The number of rotatable bonds is 4. The number of para-hydroxylation sites is 1. The highest BCUT2D eigenvalue weighted by Crippen LogP contribution is 2.21. The first-order chi connectivity index (χ1) is 9.08. The fourth-order valence-electron chi connectivity index (χ4n) is 2.56. The summed E-state index contributed by atoms with van der Waals surface area (Å²) < 4.78 is 0. The highest BCUT2D eigenvalue weighted by Gasteiger charge is 2.21. The van der Waals surface area contributed by atoms with E-state index in [1.54, 1.807) is 0 Å². The number of piperazine rings is 1. The number of hydrogen-bond acceptors (Lipinski definition) is 4. The van der Waals surface area contributed by atoms with Crippen molar-refractivity contribution in [1.29, 1.82) is 0 Å². The van der Waals surface area contributed by atoms with Gasteiger partial charge in [-0.05, 0) is 26.6 Å². The number of aryl methyl sites for hydroxylation is 1. The second-order valence-electron chi connectivity index (χ2n) is 5.61. The van der Waals surface area contributed by atoms with E-state index >= 15 is 0 Å². The Morgan fingerprint density at radius 1 is 1.32 bits per heavy atom. The molecule has 1 heterocycles. The lowest BCUT2D eigenvalue weighted by atomic mass is 10.1. The lowest BCUT2D eigenvalue weighted by molar-refractivity contribution is 0.113. The molecule has 0 bridgehead atoms. The number of aromatic hydroxyl groups is 1. The van der Waals surface area contributed by atoms with Gasteiger partial charge < -0.3 is 15.3 Å². The lowest BCUT2D eigenvalue weighted by Gasteiger charge is -2.37. The van der Waals surface area contributed by atoms with E-state index in [0.717, 1.165) is 43.9 Å². The first kappa shape index (κ1) is 14.3. The van der Waals surface area contributed by atoms with Gasteiger partial charge in [-0.25, -0.2) is 0 Å². The Balaban J connectivity index is 1.84. The van der Waals surface area contributed by atoms with Crippen LogP contribution >= 0.6 is 0 Å². The summed E-state index contributed by atoms with van der Waals surface area (Å²) >= 11 is 0. The van der Waals surface area contributed by atoms with Crippen LogP contribution in [-0.2, 0) is 6.54 Å². The zero-order chi connectivity index (χ0) is 13.8. The highest BCUT2D eigenvalue weighted by atomic mass is 16.3. The fraction of sp³-hybridized carbons (Fsp3) is 0.600. The van der Waals surface area contributed by atoms with Crippen LogP contribution in [0.25, 0.3) is 0 Å². The van der Waals surface area contributed by atoms with Gasteiger partial charge in [-0.1, -0.05) is 18.2 Å². The molecule has 0 aromatic heterocycles. The Bertz CT molecular complexity index is 422. The average Bonchev–Trinajstić information content (AvgIpc) is 2.38. The van der Waals surface area contributed by atoms with Crippen molar-refractivity contribution in [2.45, 2.75) is 19.5 Å². The number of likely N-dealkylation sites (N-methyl/N-ethyl adjacent to an activating group) is 2. The number of phenolic OH excluding ortho intramolecular Hbond substituents is 1. The molecule has 0 radical (unpaired) electrons. The van der Waals surface area contributed by atoms with Gasteiger partial charge in [0.2, 0.25) is 0 Å². The van der Waals surface area contributed by atoms with E-state index in [4.69, 9.17) is 0 Å². The zero-order valence-electron chi connectivity index (χ0n) is 12.2. The van der Waals surface area contributed by atoms with Crippen molar-refractivity contribution in [1.82, 2.24) is 15.1 Å². The molecular formula is C15H25N3O. The van der Waals surface area contributed by atoms with Crippen LogP contribution in [0.3, 0.4) is 0 Å². The monoisotopic (exact) mass is 263 g/mol. The van der Waals surface area contributed by atoms with Gasteiger partial charge >= 0.3 is 0 Å². The third-order valence-electron chi connectivity index (χ3n) is 4.00. The van der Waals surface area contributed by atoms with E-state index in [-0.39, 0.29) is 0 Å². The molecule has 4 nitrogen and oxygen atoms in total. The van der Waals surface area contributed by atoms with Crippen molar-refractivity contribution < 1.29 is 5.11 Å². The maximum absolute atomic E-state index is 9.97. The van der Waals surface area contributed by atoms with Gasteiger partial charge in [0.15, 0.2) is 0 Å². The Morgan fingerprint density at radius 2 is 2.11 bits per heavy atom. The third kappa shape index (κ3) is 3.69. The van der Waals surface area contributed by atoms with Crippen LogP contribution in [0, 0.1) is 6.92 Å². The molecule has 0 aliphatic carbocycles. The topological polar surface area (TPSA) is 38.7 Å². The Hall–Kier alpha value is -1.10. The summed E-state index contributed by atoms with van der Waals surface area (Å²) in [6, 6.07) is 6.45. The van der Waals surface area contributed by atoms with Gasteiger partial charge in [0.05, 0.1) is 0 Å². The largest absolute Gasteiger partial charge is 0.507 e. The Kier molecular flexibility index (Phi) is 4.80. The van der Waals surface area contributed by atoms with E-state index in [0.29, 0.717) is 11.8 Å². The molecule has 0 saturated carbocycles. The minimum absolute atomic E-state index is 0.420. The maximum Gasteiger partial charge on any atom is 0.122 e. The van der Waals surface area contributed by atoms with Crippen molar-refractivity contribution in [3.8, 4) is 5.75 Å². The molecule has 0 amide bonds. The van der Waals surface area contributed by atoms with Crippen molar-refractivity contribution in [3.05, 3.63) is 29.3 Å². The van der Waals surface area contributed by atoms with Crippen LogP contribution < -0.4 is 5.32 Å². The molecule has 4 heteroatoms. The molecule has 106 valence electrons. The predicted molar refractivity (Wildman–Crippen MR) is 78.5 cm³/mol. The molecule has 2 rings (SSSR count). The average molecular weight is 263 g/mol. The number of benzene rings is 1. The second kappa shape index (κ2) is 6.37. The Labute approximate surface area is 116 Å². The number of hydrogen-bond donors (Lipinski definition) is 2. The van der Waals surface area contributed by atoms with Crippen molar-refractivity contribution >= 4 is 0 Å². The highest BCUT2D eigenvalue weighted by molar-refractivity contribution is 5.39. The fourth-order valence-corrected chi connectivity index (χ4v) is 2.56. The zero-order valence-corrected chi connectivity index (χ0v) is 12.2. The first-order valence-electron chi connectivity index (χ1n) is 6.95. The molecule has 19 heavy (non-hydrogen) atoms. The summed E-state index contributed by atoms with van der Waals surface area (Å²) in [5.41, 5.74) is 1.92. The lowest BCUT2D eigenvalue weighted by Crippen LogP contribution is -2.53. The van der Waals surface area contributed by atoms with Crippen molar-refractivity contribution in [3.63, 3.8) is 0 Å². The number of nitrogens with one attached hydrogen (secondary N) is 1. The van der Waals surface area contributed by atoms with E-state index in [2.05, 4.69) is 29.2 Å².